The lowest BCUT2D eigenvalue weighted by Crippen LogP contribution is -2.07. The van der Waals surface area contributed by atoms with Gasteiger partial charge in [0.1, 0.15) is 17.9 Å². The van der Waals surface area contributed by atoms with Crippen LogP contribution in [0, 0.1) is 0 Å². The zero-order chi connectivity index (χ0) is 14.5. The van der Waals surface area contributed by atoms with E-state index in [-0.39, 0.29) is 6.61 Å². The van der Waals surface area contributed by atoms with Crippen LogP contribution in [0.4, 0.5) is 0 Å². The van der Waals surface area contributed by atoms with Crippen molar-refractivity contribution in [3.8, 4) is 5.75 Å². The molecule has 0 unspecified atom stereocenters. The number of esters is 1. The molecule has 3 nitrogen and oxygen atoms in total. The fraction of sp³-hybridized carbons (Fsp3) is 0.133. The molecule has 0 atom stereocenters. The highest BCUT2D eigenvalue weighted by molar-refractivity contribution is 6.35. The zero-order valence-corrected chi connectivity index (χ0v) is 12.2. The number of hydrogen-bond donors (Lipinski definition) is 0. The number of rotatable bonds is 4. The fourth-order valence-electron chi connectivity index (χ4n) is 1.67. The van der Waals surface area contributed by atoms with Crippen LogP contribution in [0.15, 0.2) is 42.5 Å². The lowest BCUT2D eigenvalue weighted by molar-refractivity contribution is 0.0469. The van der Waals surface area contributed by atoms with Gasteiger partial charge in [0.15, 0.2) is 0 Å². The number of carbonyl (C=O) groups excluding carboxylic acids is 1. The summed E-state index contributed by atoms with van der Waals surface area (Å²) in [7, 11) is 1.50. The lowest BCUT2D eigenvalue weighted by atomic mass is 10.2. The fourth-order valence-corrected chi connectivity index (χ4v) is 2.14. The summed E-state index contributed by atoms with van der Waals surface area (Å²) in [5, 5.41) is 1.00. The molecule has 0 aliphatic carbocycles. The molecule has 104 valence electrons. The van der Waals surface area contributed by atoms with Gasteiger partial charge in [-0.25, -0.2) is 4.79 Å². The van der Waals surface area contributed by atoms with Gasteiger partial charge in [-0.15, -0.1) is 0 Å². The van der Waals surface area contributed by atoms with Crippen molar-refractivity contribution in [2.75, 3.05) is 7.11 Å². The number of ether oxygens (including phenoxy) is 2. The molecule has 20 heavy (non-hydrogen) atoms. The first-order chi connectivity index (χ1) is 9.61. The van der Waals surface area contributed by atoms with Crippen molar-refractivity contribution in [3.63, 3.8) is 0 Å². The summed E-state index contributed by atoms with van der Waals surface area (Å²) in [5.74, 6) is 0.00756. The topological polar surface area (TPSA) is 35.5 Å². The largest absolute Gasteiger partial charge is 0.496 e. The Kier molecular flexibility index (Phi) is 4.88. The number of benzene rings is 2. The number of carbonyl (C=O) groups is 1. The predicted octanol–water partition coefficient (Wildman–Crippen LogP) is 4.36. The van der Waals surface area contributed by atoms with E-state index in [0.29, 0.717) is 26.9 Å². The smallest absolute Gasteiger partial charge is 0.342 e. The first-order valence-corrected chi connectivity index (χ1v) is 6.61. The van der Waals surface area contributed by atoms with Gasteiger partial charge in [-0.3, -0.25) is 0 Å². The maximum atomic E-state index is 12.0. The maximum Gasteiger partial charge on any atom is 0.342 e. The summed E-state index contributed by atoms with van der Waals surface area (Å²) in [6.45, 7) is 0.0763. The zero-order valence-electron chi connectivity index (χ0n) is 10.7. The Balaban J connectivity index is 2.09. The molecule has 2 aromatic rings. The summed E-state index contributed by atoms with van der Waals surface area (Å²) in [6, 6.07) is 11.9. The Labute approximate surface area is 127 Å². The third-order valence-electron chi connectivity index (χ3n) is 2.70. The van der Waals surface area contributed by atoms with Crippen molar-refractivity contribution < 1.29 is 14.3 Å². The molecule has 0 aliphatic heterocycles. The molecule has 0 bridgehead atoms. The van der Waals surface area contributed by atoms with E-state index < -0.39 is 5.97 Å². The summed E-state index contributed by atoms with van der Waals surface area (Å²) in [5.41, 5.74) is 1.07. The van der Waals surface area contributed by atoms with Crippen LogP contribution in [0.3, 0.4) is 0 Å². The minimum Gasteiger partial charge on any atom is -0.496 e. The Morgan fingerprint density at radius 1 is 1.15 bits per heavy atom. The molecule has 0 heterocycles. The SMILES string of the molecule is COc1ccccc1C(=O)OCc1ccc(Cl)cc1Cl. The summed E-state index contributed by atoms with van der Waals surface area (Å²) in [4.78, 5) is 12.0. The Bertz CT molecular complexity index is 626. The van der Waals surface area contributed by atoms with Crippen molar-refractivity contribution in [3.05, 3.63) is 63.6 Å². The monoisotopic (exact) mass is 310 g/mol. The molecule has 0 N–H and O–H groups in total. The molecule has 2 rings (SSSR count). The summed E-state index contributed by atoms with van der Waals surface area (Å²) < 4.78 is 10.3. The van der Waals surface area contributed by atoms with Gasteiger partial charge in [-0.2, -0.15) is 0 Å². The Morgan fingerprint density at radius 3 is 2.60 bits per heavy atom. The van der Waals surface area contributed by atoms with Crippen LogP contribution < -0.4 is 4.74 Å². The molecule has 5 heteroatoms. The van der Waals surface area contributed by atoms with Gasteiger partial charge >= 0.3 is 5.97 Å². The molecule has 0 radical (unpaired) electrons. The highest BCUT2D eigenvalue weighted by Crippen LogP contribution is 2.23. The lowest BCUT2D eigenvalue weighted by Gasteiger charge is -2.09. The standard InChI is InChI=1S/C15H12Cl2O3/c1-19-14-5-3-2-4-12(14)15(18)20-9-10-6-7-11(16)8-13(10)17/h2-8H,9H2,1H3. The predicted molar refractivity (Wildman–Crippen MR) is 78.6 cm³/mol. The molecular weight excluding hydrogens is 299 g/mol. The molecule has 0 amide bonds. The van der Waals surface area contributed by atoms with Crippen LogP contribution in [0.25, 0.3) is 0 Å². The molecular formula is C15H12Cl2O3. The van der Waals surface area contributed by atoms with Crippen LogP contribution >= 0.6 is 23.2 Å². The van der Waals surface area contributed by atoms with Gasteiger partial charge in [0.2, 0.25) is 0 Å². The molecule has 2 aromatic carbocycles. The molecule has 0 fully saturated rings. The van der Waals surface area contributed by atoms with Crippen molar-refractivity contribution in [2.24, 2.45) is 0 Å². The second-order valence-corrected chi connectivity index (χ2v) is 4.86. The quantitative estimate of drug-likeness (QED) is 0.787. The van der Waals surface area contributed by atoms with E-state index in [1.54, 1.807) is 42.5 Å². The highest BCUT2D eigenvalue weighted by Gasteiger charge is 2.13. The van der Waals surface area contributed by atoms with Crippen LogP contribution in [0.2, 0.25) is 10.0 Å². The van der Waals surface area contributed by atoms with Crippen LogP contribution in [-0.4, -0.2) is 13.1 Å². The first-order valence-electron chi connectivity index (χ1n) is 5.86. The van der Waals surface area contributed by atoms with E-state index in [2.05, 4.69) is 0 Å². The van der Waals surface area contributed by atoms with Crippen LogP contribution in [0.5, 0.6) is 5.75 Å². The molecule has 0 saturated heterocycles. The molecule has 0 spiro atoms. The van der Waals surface area contributed by atoms with E-state index in [9.17, 15) is 4.79 Å². The van der Waals surface area contributed by atoms with Gasteiger partial charge in [0.25, 0.3) is 0 Å². The molecule has 0 saturated carbocycles. The number of para-hydroxylation sites is 1. The highest BCUT2D eigenvalue weighted by atomic mass is 35.5. The van der Waals surface area contributed by atoms with Crippen molar-refractivity contribution in [1.82, 2.24) is 0 Å². The summed E-state index contributed by atoms with van der Waals surface area (Å²) >= 11 is 11.8. The van der Waals surface area contributed by atoms with Gasteiger partial charge in [0, 0.05) is 15.6 Å². The third-order valence-corrected chi connectivity index (χ3v) is 3.29. The normalized spacial score (nSPS) is 10.2. The van der Waals surface area contributed by atoms with E-state index in [1.807, 2.05) is 0 Å². The van der Waals surface area contributed by atoms with Gasteiger partial charge in [0.05, 0.1) is 7.11 Å². The Hall–Kier alpha value is -1.71. The van der Waals surface area contributed by atoms with Gasteiger partial charge in [-0.05, 0) is 24.3 Å². The third kappa shape index (κ3) is 3.44. The van der Waals surface area contributed by atoms with Gasteiger partial charge < -0.3 is 9.47 Å². The van der Waals surface area contributed by atoms with E-state index >= 15 is 0 Å². The van der Waals surface area contributed by atoms with E-state index in [1.165, 1.54) is 7.11 Å². The number of hydrogen-bond acceptors (Lipinski definition) is 3. The second kappa shape index (κ2) is 6.64. The number of halogens is 2. The molecule has 0 aliphatic rings. The molecule has 0 aromatic heterocycles. The van der Waals surface area contributed by atoms with E-state index in [4.69, 9.17) is 32.7 Å². The van der Waals surface area contributed by atoms with Crippen LogP contribution in [0.1, 0.15) is 15.9 Å². The number of methoxy groups -OCH3 is 1. The van der Waals surface area contributed by atoms with Crippen LogP contribution in [-0.2, 0) is 11.3 Å². The average molecular weight is 311 g/mol. The van der Waals surface area contributed by atoms with Crippen molar-refractivity contribution in [1.29, 1.82) is 0 Å². The van der Waals surface area contributed by atoms with Crippen molar-refractivity contribution in [2.45, 2.75) is 6.61 Å². The minimum atomic E-state index is -0.464. The first kappa shape index (κ1) is 14.7. The van der Waals surface area contributed by atoms with Gasteiger partial charge in [-0.1, -0.05) is 41.4 Å². The second-order valence-electron chi connectivity index (χ2n) is 4.01. The summed E-state index contributed by atoms with van der Waals surface area (Å²) in [6.07, 6.45) is 0. The maximum absolute atomic E-state index is 12.0. The minimum absolute atomic E-state index is 0.0763. The average Bonchev–Trinajstić information content (AvgIpc) is 2.46. The van der Waals surface area contributed by atoms with E-state index in [0.717, 1.165) is 0 Å². The van der Waals surface area contributed by atoms with Crippen molar-refractivity contribution >= 4 is 29.2 Å². The Morgan fingerprint density at radius 2 is 1.90 bits per heavy atom.